The van der Waals surface area contributed by atoms with Gasteiger partial charge in [-0.05, 0) is 43.7 Å². The Labute approximate surface area is 224 Å². The number of aryl methyl sites for hydroxylation is 1. The minimum atomic E-state index is -0.670. The van der Waals surface area contributed by atoms with Crippen LogP contribution in [0.25, 0.3) is 22.2 Å². The number of hydrogen-bond donors (Lipinski definition) is 1. The van der Waals surface area contributed by atoms with Crippen LogP contribution in [-0.4, -0.2) is 63.7 Å². The molecule has 39 heavy (non-hydrogen) atoms. The van der Waals surface area contributed by atoms with Crippen LogP contribution in [0.3, 0.4) is 0 Å². The van der Waals surface area contributed by atoms with E-state index >= 15 is 0 Å². The molecule has 5 rings (SSSR count). The minimum absolute atomic E-state index is 0.0309. The van der Waals surface area contributed by atoms with Crippen molar-refractivity contribution in [3.63, 3.8) is 0 Å². The van der Waals surface area contributed by atoms with Gasteiger partial charge in [0, 0.05) is 42.8 Å². The van der Waals surface area contributed by atoms with Gasteiger partial charge in [0.25, 0.3) is 0 Å². The molecule has 202 valence electrons. The van der Waals surface area contributed by atoms with E-state index < -0.39 is 11.6 Å². The fraction of sp³-hybridized carbons (Fsp3) is 0.321. The molecule has 3 aromatic heterocycles. The van der Waals surface area contributed by atoms with E-state index in [0.29, 0.717) is 49.7 Å². The van der Waals surface area contributed by atoms with Gasteiger partial charge >= 0.3 is 6.09 Å². The fourth-order valence-electron chi connectivity index (χ4n) is 4.36. The number of unbranched alkanes of at least 4 members (excludes halogenated alkanes) is 1. The number of pyridine rings is 2. The maximum atomic E-state index is 14.7. The van der Waals surface area contributed by atoms with Crippen LogP contribution >= 0.6 is 0 Å². The van der Waals surface area contributed by atoms with Crippen molar-refractivity contribution in [2.24, 2.45) is 0 Å². The Bertz CT molecular complexity index is 1480. The smallest absolute Gasteiger partial charge is 0.409 e. The van der Waals surface area contributed by atoms with Crippen molar-refractivity contribution in [1.29, 1.82) is 0 Å². The number of carbonyl (C=O) groups excluding carboxylic acids is 1. The number of piperazine rings is 1. The lowest BCUT2D eigenvalue weighted by Crippen LogP contribution is -2.49. The van der Waals surface area contributed by atoms with E-state index in [-0.39, 0.29) is 28.8 Å². The first-order valence-electron chi connectivity index (χ1n) is 12.9. The molecule has 0 saturated carbocycles. The highest BCUT2D eigenvalue weighted by Gasteiger charge is 2.22. The number of nitrogens with zero attached hydrogens (tertiary/aromatic N) is 6. The molecule has 4 heterocycles. The average molecular weight is 534 g/mol. The van der Waals surface area contributed by atoms with Crippen molar-refractivity contribution in [2.45, 2.75) is 26.7 Å². The molecule has 0 aliphatic carbocycles. The number of anilines is 3. The molecule has 0 unspecified atom stereocenters. The van der Waals surface area contributed by atoms with Crippen LogP contribution in [0.15, 0.2) is 48.8 Å². The van der Waals surface area contributed by atoms with Gasteiger partial charge in [-0.1, -0.05) is 19.4 Å². The maximum Gasteiger partial charge on any atom is 0.409 e. The molecule has 0 atom stereocenters. The Hall–Kier alpha value is -4.41. The van der Waals surface area contributed by atoms with Gasteiger partial charge in [0.2, 0.25) is 5.95 Å². The lowest BCUT2D eigenvalue weighted by molar-refractivity contribution is 0.0989. The Morgan fingerprint density at radius 2 is 1.82 bits per heavy atom. The normalized spacial score (nSPS) is 13.5. The van der Waals surface area contributed by atoms with E-state index in [0.717, 1.165) is 24.7 Å². The molecule has 0 bridgehead atoms. The van der Waals surface area contributed by atoms with E-state index in [1.807, 2.05) is 6.07 Å². The van der Waals surface area contributed by atoms with Crippen molar-refractivity contribution >= 4 is 34.4 Å². The first-order chi connectivity index (χ1) is 18.9. The predicted octanol–water partition coefficient (Wildman–Crippen LogP) is 5.48. The van der Waals surface area contributed by atoms with E-state index in [1.54, 1.807) is 42.3 Å². The van der Waals surface area contributed by atoms with E-state index in [9.17, 15) is 13.6 Å². The van der Waals surface area contributed by atoms with Crippen molar-refractivity contribution < 1.29 is 18.3 Å². The van der Waals surface area contributed by atoms with Crippen LogP contribution < -0.4 is 10.2 Å². The number of halogens is 2. The Balaban J connectivity index is 1.25. The summed E-state index contributed by atoms with van der Waals surface area (Å²) in [4.78, 5) is 33.0. The third-order valence-electron chi connectivity index (χ3n) is 6.52. The average Bonchev–Trinajstić information content (AvgIpc) is 2.95. The van der Waals surface area contributed by atoms with Gasteiger partial charge in [-0.15, -0.1) is 0 Å². The SMILES string of the molecule is CCCCOC(=O)N1CCN(c2ccc(Nc3ncc(F)c(-c4cc(F)c5nc(C)ccc5c4)n3)nc2)CC1. The second-order valence-corrected chi connectivity index (χ2v) is 9.34. The second kappa shape index (κ2) is 11.5. The van der Waals surface area contributed by atoms with Gasteiger partial charge in [0.05, 0.1) is 24.7 Å². The highest BCUT2D eigenvalue weighted by atomic mass is 19.1. The van der Waals surface area contributed by atoms with Gasteiger partial charge in [-0.2, -0.15) is 0 Å². The molecule has 0 spiro atoms. The summed E-state index contributed by atoms with van der Waals surface area (Å²) in [6.07, 6.45) is 4.34. The third kappa shape index (κ3) is 6.02. The molecule has 0 radical (unpaired) electrons. The molecule has 1 aromatic carbocycles. The summed E-state index contributed by atoms with van der Waals surface area (Å²) in [6.45, 7) is 6.76. The molecular weight excluding hydrogens is 504 g/mol. The van der Waals surface area contributed by atoms with Gasteiger partial charge in [0.15, 0.2) is 5.82 Å². The number of aromatic nitrogens is 4. The van der Waals surface area contributed by atoms with Crippen molar-refractivity contribution in [3.8, 4) is 11.3 Å². The largest absolute Gasteiger partial charge is 0.449 e. The summed E-state index contributed by atoms with van der Waals surface area (Å²) >= 11 is 0. The van der Waals surface area contributed by atoms with E-state index in [4.69, 9.17) is 4.74 Å². The Morgan fingerprint density at radius 1 is 1.00 bits per heavy atom. The second-order valence-electron chi connectivity index (χ2n) is 9.34. The van der Waals surface area contributed by atoms with Gasteiger partial charge in [-0.25, -0.2) is 28.5 Å². The van der Waals surface area contributed by atoms with Crippen molar-refractivity contribution in [1.82, 2.24) is 24.8 Å². The van der Waals surface area contributed by atoms with Gasteiger partial charge < -0.3 is 19.9 Å². The van der Waals surface area contributed by atoms with Gasteiger partial charge in [0.1, 0.15) is 22.8 Å². The number of carbonyl (C=O) groups is 1. The van der Waals surface area contributed by atoms with Gasteiger partial charge in [-0.3, -0.25) is 4.98 Å². The van der Waals surface area contributed by atoms with E-state index in [2.05, 4.69) is 37.1 Å². The number of benzene rings is 1. The maximum absolute atomic E-state index is 14.7. The summed E-state index contributed by atoms with van der Waals surface area (Å²) in [6, 6.07) is 10.1. The first kappa shape index (κ1) is 26.2. The number of rotatable bonds is 7. The summed E-state index contributed by atoms with van der Waals surface area (Å²) < 4.78 is 34.7. The molecule has 1 saturated heterocycles. The summed E-state index contributed by atoms with van der Waals surface area (Å²) in [5.74, 6) is -0.621. The zero-order valence-electron chi connectivity index (χ0n) is 21.8. The zero-order chi connectivity index (χ0) is 27.4. The van der Waals surface area contributed by atoms with Crippen LogP contribution in [0, 0.1) is 18.6 Å². The summed E-state index contributed by atoms with van der Waals surface area (Å²) in [7, 11) is 0. The Kier molecular flexibility index (Phi) is 7.76. The van der Waals surface area contributed by atoms with Crippen LogP contribution in [0.4, 0.5) is 31.0 Å². The quantitative estimate of drug-likeness (QED) is 0.312. The zero-order valence-corrected chi connectivity index (χ0v) is 21.8. The van der Waals surface area contributed by atoms with Crippen molar-refractivity contribution in [3.05, 3.63) is 66.1 Å². The monoisotopic (exact) mass is 533 g/mol. The summed E-state index contributed by atoms with van der Waals surface area (Å²) in [5.41, 5.74) is 2.08. The van der Waals surface area contributed by atoms with E-state index in [1.165, 1.54) is 6.07 Å². The number of nitrogens with one attached hydrogen (secondary N) is 1. The number of ether oxygens (including phenoxy) is 1. The first-order valence-corrected chi connectivity index (χ1v) is 12.9. The molecular formula is C28H29F2N7O2. The lowest BCUT2D eigenvalue weighted by Gasteiger charge is -2.35. The minimum Gasteiger partial charge on any atom is -0.449 e. The van der Waals surface area contributed by atoms with Crippen LogP contribution in [0.2, 0.25) is 0 Å². The number of amides is 1. The standard InChI is InChI=1S/C28H29F2N7O2/c1-3-4-13-39-28(38)37-11-9-36(10-12-37)21-7-8-24(31-16-21)34-27-32-17-23(30)26(35-27)20-14-19-6-5-18(2)33-25(19)22(29)15-20/h5-8,14-17H,3-4,9-13H2,1-2H3,(H,31,32,34,35). The molecule has 1 N–H and O–H groups in total. The molecule has 9 nitrogen and oxygen atoms in total. The van der Waals surface area contributed by atoms with Crippen molar-refractivity contribution in [2.75, 3.05) is 43.0 Å². The highest BCUT2D eigenvalue weighted by Crippen LogP contribution is 2.28. The lowest BCUT2D eigenvalue weighted by atomic mass is 10.1. The Morgan fingerprint density at radius 3 is 2.56 bits per heavy atom. The highest BCUT2D eigenvalue weighted by molar-refractivity contribution is 5.84. The molecule has 1 amide bonds. The molecule has 4 aromatic rings. The topological polar surface area (TPSA) is 96.4 Å². The predicted molar refractivity (Wildman–Crippen MR) is 145 cm³/mol. The molecule has 11 heteroatoms. The molecule has 1 fully saturated rings. The summed E-state index contributed by atoms with van der Waals surface area (Å²) in [5, 5.41) is 3.53. The van der Waals surface area contributed by atoms with Crippen LogP contribution in [0.5, 0.6) is 0 Å². The third-order valence-corrected chi connectivity index (χ3v) is 6.52. The van der Waals surface area contributed by atoms with Crippen LogP contribution in [-0.2, 0) is 4.74 Å². The molecule has 1 aliphatic heterocycles. The number of hydrogen-bond acceptors (Lipinski definition) is 8. The fourth-order valence-corrected chi connectivity index (χ4v) is 4.36. The molecule has 1 aliphatic rings. The van der Waals surface area contributed by atoms with Crippen LogP contribution in [0.1, 0.15) is 25.5 Å². The number of fused-ring (bicyclic) bond motifs is 1.